The summed E-state index contributed by atoms with van der Waals surface area (Å²) in [5.74, 6) is -0.963. The van der Waals surface area contributed by atoms with Gasteiger partial charge >= 0.3 is 5.97 Å². The molecule has 1 aromatic heterocycles. The third-order valence-electron chi connectivity index (χ3n) is 3.20. The van der Waals surface area contributed by atoms with Crippen LogP contribution in [0.2, 0.25) is 0 Å². The highest BCUT2D eigenvalue weighted by molar-refractivity contribution is 5.88. The predicted molar refractivity (Wildman–Crippen MR) is 74.9 cm³/mol. The highest BCUT2D eigenvalue weighted by atomic mass is 16.4. The second-order valence-electron chi connectivity index (χ2n) is 4.39. The number of aromatic carboxylic acids is 1. The number of rotatable bonds is 2. The Hall–Kier alpha value is -3.06. The van der Waals surface area contributed by atoms with Gasteiger partial charge in [-0.3, -0.25) is 0 Å². The molecule has 0 aliphatic heterocycles. The van der Waals surface area contributed by atoms with Gasteiger partial charge in [0.1, 0.15) is 11.8 Å². The van der Waals surface area contributed by atoms with Crippen molar-refractivity contribution in [3.63, 3.8) is 0 Å². The van der Waals surface area contributed by atoms with Crippen molar-refractivity contribution in [3.05, 3.63) is 65.9 Å². The lowest BCUT2D eigenvalue weighted by atomic mass is 10.2. The summed E-state index contributed by atoms with van der Waals surface area (Å²) in [6, 6.07) is 18.2. The molecule has 0 radical (unpaired) electrons. The Bertz CT molecular complexity index is 839. The molecule has 4 nitrogen and oxygen atoms in total. The molecule has 0 saturated heterocycles. The Morgan fingerprint density at radius 2 is 1.80 bits per heavy atom. The van der Waals surface area contributed by atoms with E-state index < -0.39 is 5.97 Å². The monoisotopic (exact) mass is 262 g/mol. The van der Waals surface area contributed by atoms with Crippen LogP contribution in [0.15, 0.2) is 54.6 Å². The van der Waals surface area contributed by atoms with Crippen LogP contribution in [0, 0.1) is 11.3 Å². The quantitative estimate of drug-likeness (QED) is 0.771. The molecule has 0 aliphatic rings. The van der Waals surface area contributed by atoms with Crippen molar-refractivity contribution in [2.75, 3.05) is 0 Å². The normalized spacial score (nSPS) is 10.3. The number of hydrogen-bond donors (Lipinski definition) is 1. The number of carboxylic acids is 1. The standard InChI is InChI=1S/C16H10N2O2/c17-10-14-9-12-3-1-2-4-15(12)18(14)13-7-5-11(6-8-13)16(19)20/h1-9H,(H,19,20). The Morgan fingerprint density at radius 3 is 2.45 bits per heavy atom. The van der Waals surface area contributed by atoms with Crippen molar-refractivity contribution in [2.45, 2.75) is 0 Å². The van der Waals surface area contributed by atoms with Crippen LogP contribution >= 0.6 is 0 Å². The van der Waals surface area contributed by atoms with Crippen LogP contribution in [0.1, 0.15) is 16.1 Å². The van der Waals surface area contributed by atoms with Gasteiger partial charge in [-0.2, -0.15) is 5.26 Å². The van der Waals surface area contributed by atoms with Gasteiger partial charge in [0.05, 0.1) is 11.1 Å². The zero-order chi connectivity index (χ0) is 14.1. The summed E-state index contributed by atoms with van der Waals surface area (Å²) in [5.41, 5.74) is 2.44. The van der Waals surface area contributed by atoms with Crippen LogP contribution in [-0.2, 0) is 0 Å². The van der Waals surface area contributed by atoms with E-state index in [9.17, 15) is 10.1 Å². The molecule has 0 bridgehead atoms. The number of carbonyl (C=O) groups is 1. The van der Waals surface area contributed by atoms with Crippen molar-refractivity contribution in [2.24, 2.45) is 0 Å². The number of nitrogens with zero attached hydrogens (tertiary/aromatic N) is 2. The second-order valence-corrected chi connectivity index (χ2v) is 4.39. The molecule has 0 saturated carbocycles. The summed E-state index contributed by atoms with van der Waals surface area (Å²) in [7, 11) is 0. The average molecular weight is 262 g/mol. The minimum atomic E-state index is -0.963. The average Bonchev–Trinajstić information content (AvgIpc) is 2.85. The van der Waals surface area contributed by atoms with Gasteiger partial charge < -0.3 is 9.67 Å². The number of carboxylic acid groups (broad SMARTS) is 1. The molecule has 0 unspecified atom stereocenters. The minimum Gasteiger partial charge on any atom is -0.478 e. The molecule has 2 aromatic carbocycles. The van der Waals surface area contributed by atoms with E-state index in [4.69, 9.17) is 5.11 Å². The zero-order valence-electron chi connectivity index (χ0n) is 10.4. The van der Waals surface area contributed by atoms with Crippen LogP contribution in [0.4, 0.5) is 0 Å². The van der Waals surface area contributed by atoms with Gasteiger partial charge in [0.2, 0.25) is 0 Å². The third kappa shape index (κ3) is 1.82. The zero-order valence-corrected chi connectivity index (χ0v) is 10.4. The van der Waals surface area contributed by atoms with E-state index in [1.165, 1.54) is 12.1 Å². The van der Waals surface area contributed by atoms with Gasteiger partial charge in [-0.25, -0.2) is 4.79 Å². The molecule has 96 valence electrons. The van der Waals surface area contributed by atoms with Crippen molar-refractivity contribution in [3.8, 4) is 11.8 Å². The lowest BCUT2D eigenvalue weighted by Gasteiger charge is -2.07. The van der Waals surface area contributed by atoms with E-state index in [2.05, 4.69) is 6.07 Å². The topological polar surface area (TPSA) is 66.0 Å². The Labute approximate surface area is 115 Å². The van der Waals surface area contributed by atoms with E-state index >= 15 is 0 Å². The molecule has 4 heteroatoms. The van der Waals surface area contributed by atoms with Crippen LogP contribution in [0.25, 0.3) is 16.6 Å². The smallest absolute Gasteiger partial charge is 0.335 e. The van der Waals surface area contributed by atoms with Gasteiger partial charge in [0.25, 0.3) is 0 Å². The Kier molecular flexibility index (Phi) is 2.73. The number of fused-ring (bicyclic) bond motifs is 1. The number of aromatic nitrogens is 1. The van der Waals surface area contributed by atoms with Gasteiger partial charge in [-0.1, -0.05) is 18.2 Å². The van der Waals surface area contributed by atoms with Crippen LogP contribution < -0.4 is 0 Å². The number of nitriles is 1. The number of hydrogen-bond acceptors (Lipinski definition) is 2. The number of benzene rings is 2. The molecular weight excluding hydrogens is 252 g/mol. The fraction of sp³-hybridized carbons (Fsp3) is 0. The second kappa shape index (κ2) is 4.56. The van der Waals surface area contributed by atoms with E-state index in [0.717, 1.165) is 16.6 Å². The van der Waals surface area contributed by atoms with Gasteiger partial charge in [0, 0.05) is 11.1 Å². The van der Waals surface area contributed by atoms with E-state index in [1.54, 1.807) is 12.1 Å². The van der Waals surface area contributed by atoms with Crippen LogP contribution in [0.5, 0.6) is 0 Å². The Morgan fingerprint density at radius 1 is 1.10 bits per heavy atom. The van der Waals surface area contributed by atoms with Crippen molar-refractivity contribution < 1.29 is 9.90 Å². The molecule has 0 aliphatic carbocycles. The molecule has 0 fully saturated rings. The first kappa shape index (κ1) is 12.0. The summed E-state index contributed by atoms with van der Waals surface area (Å²) in [4.78, 5) is 10.9. The maximum Gasteiger partial charge on any atom is 0.335 e. The molecule has 0 spiro atoms. The van der Waals surface area contributed by atoms with Crippen LogP contribution in [-0.4, -0.2) is 15.6 Å². The molecule has 1 N–H and O–H groups in total. The van der Waals surface area contributed by atoms with Gasteiger partial charge in [-0.15, -0.1) is 0 Å². The summed E-state index contributed by atoms with van der Waals surface area (Å²) in [6.07, 6.45) is 0. The fourth-order valence-electron chi connectivity index (χ4n) is 2.27. The van der Waals surface area contributed by atoms with Crippen molar-refractivity contribution in [1.82, 2.24) is 4.57 Å². The predicted octanol–water partition coefficient (Wildman–Crippen LogP) is 3.20. The van der Waals surface area contributed by atoms with E-state index in [1.807, 2.05) is 34.9 Å². The molecule has 1 heterocycles. The fourth-order valence-corrected chi connectivity index (χ4v) is 2.27. The molecule has 3 aromatic rings. The summed E-state index contributed by atoms with van der Waals surface area (Å²) in [5, 5.41) is 19.2. The van der Waals surface area contributed by atoms with E-state index in [0.29, 0.717) is 5.69 Å². The van der Waals surface area contributed by atoms with Gasteiger partial charge in [-0.05, 0) is 36.4 Å². The first-order valence-corrected chi connectivity index (χ1v) is 6.05. The summed E-state index contributed by atoms with van der Waals surface area (Å²) in [6.45, 7) is 0. The molecular formula is C16H10N2O2. The third-order valence-corrected chi connectivity index (χ3v) is 3.20. The Balaban J connectivity index is 2.23. The lowest BCUT2D eigenvalue weighted by molar-refractivity contribution is 0.0697. The highest BCUT2D eigenvalue weighted by Gasteiger charge is 2.10. The minimum absolute atomic E-state index is 0.226. The lowest BCUT2D eigenvalue weighted by Crippen LogP contribution is -1.99. The number of para-hydroxylation sites is 1. The molecule has 20 heavy (non-hydrogen) atoms. The SMILES string of the molecule is N#Cc1cc2ccccc2n1-c1ccc(C(=O)O)cc1. The van der Waals surface area contributed by atoms with Crippen molar-refractivity contribution in [1.29, 1.82) is 5.26 Å². The summed E-state index contributed by atoms with van der Waals surface area (Å²) >= 11 is 0. The van der Waals surface area contributed by atoms with Crippen molar-refractivity contribution >= 4 is 16.9 Å². The molecule has 3 rings (SSSR count). The summed E-state index contributed by atoms with van der Waals surface area (Å²) < 4.78 is 1.82. The van der Waals surface area contributed by atoms with Gasteiger partial charge in [0.15, 0.2) is 0 Å². The first-order chi connectivity index (χ1) is 9.70. The maximum absolute atomic E-state index is 10.9. The first-order valence-electron chi connectivity index (χ1n) is 6.05. The van der Waals surface area contributed by atoms with E-state index in [-0.39, 0.29) is 5.56 Å². The largest absolute Gasteiger partial charge is 0.478 e. The molecule has 0 amide bonds. The van der Waals surface area contributed by atoms with Crippen LogP contribution in [0.3, 0.4) is 0 Å². The highest BCUT2D eigenvalue weighted by Crippen LogP contribution is 2.24. The maximum atomic E-state index is 10.9. The molecule has 0 atom stereocenters.